The van der Waals surface area contributed by atoms with E-state index in [2.05, 4.69) is 5.32 Å². The monoisotopic (exact) mass is 371 g/mol. The van der Waals surface area contributed by atoms with Gasteiger partial charge in [0.15, 0.2) is 11.9 Å². The molecule has 2 rings (SSSR count). The highest BCUT2D eigenvalue weighted by Gasteiger charge is 2.22. The normalized spacial score (nSPS) is 11.3. The van der Waals surface area contributed by atoms with Crippen molar-refractivity contribution in [3.05, 3.63) is 53.6 Å². The van der Waals surface area contributed by atoms with Crippen LogP contribution in [0.2, 0.25) is 0 Å². The van der Waals surface area contributed by atoms with Gasteiger partial charge in [-0.3, -0.25) is 9.59 Å². The molecule has 27 heavy (non-hydrogen) atoms. The van der Waals surface area contributed by atoms with E-state index in [-0.39, 0.29) is 17.1 Å². The fourth-order valence-electron chi connectivity index (χ4n) is 2.28. The number of rotatable bonds is 7. The summed E-state index contributed by atoms with van der Waals surface area (Å²) in [5.74, 6) is -0.436. The van der Waals surface area contributed by atoms with Gasteiger partial charge in [-0.25, -0.2) is 4.79 Å². The van der Waals surface area contributed by atoms with Crippen molar-refractivity contribution < 1.29 is 28.6 Å². The number of benzene rings is 2. The van der Waals surface area contributed by atoms with E-state index in [0.717, 1.165) is 0 Å². The van der Waals surface area contributed by atoms with Crippen LogP contribution in [-0.4, -0.2) is 38.0 Å². The number of hydrogen-bond acceptors (Lipinski definition) is 6. The first-order chi connectivity index (χ1) is 12.8. The van der Waals surface area contributed by atoms with Gasteiger partial charge in [0.1, 0.15) is 17.1 Å². The lowest BCUT2D eigenvalue weighted by Crippen LogP contribution is -2.30. The Morgan fingerprint density at radius 2 is 1.63 bits per heavy atom. The lowest BCUT2D eigenvalue weighted by atomic mass is 10.1. The molecule has 2 aromatic carbocycles. The first-order valence-electron chi connectivity index (χ1n) is 8.20. The van der Waals surface area contributed by atoms with Crippen LogP contribution < -0.4 is 14.8 Å². The van der Waals surface area contributed by atoms with E-state index in [9.17, 15) is 14.4 Å². The standard InChI is InChI=1S/C20H21NO6/c1-12(22)14-5-7-15(8-6-14)21-19(23)13(2)27-20(24)17-10-9-16(25-3)11-18(17)26-4/h5-11,13H,1-4H3,(H,21,23)/t13-/m1/s1. The minimum Gasteiger partial charge on any atom is -0.497 e. The van der Waals surface area contributed by atoms with E-state index in [4.69, 9.17) is 14.2 Å². The zero-order valence-electron chi connectivity index (χ0n) is 15.6. The van der Waals surface area contributed by atoms with Crippen LogP contribution in [0.15, 0.2) is 42.5 Å². The summed E-state index contributed by atoms with van der Waals surface area (Å²) < 4.78 is 15.5. The molecule has 0 aliphatic carbocycles. The number of methoxy groups -OCH3 is 2. The summed E-state index contributed by atoms with van der Waals surface area (Å²) in [6.07, 6.45) is -1.03. The molecule has 0 aromatic heterocycles. The molecule has 0 unspecified atom stereocenters. The summed E-state index contributed by atoms with van der Waals surface area (Å²) in [7, 11) is 2.93. The van der Waals surface area contributed by atoms with Crippen LogP contribution in [0.25, 0.3) is 0 Å². The van der Waals surface area contributed by atoms with Gasteiger partial charge in [-0.1, -0.05) is 0 Å². The number of amides is 1. The Morgan fingerprint density at radius 1 is 0.963 bits per heavy atom. The second kappa shape index (κ2) is 8.84. The average Bonchev–Trinajstić information content (AvgIpc) is 2.67. The predicted molar refractivity (Wildman–Crippen MR) is 99.5 cm³/mol. The third kappa shape index (κ3) is 5.07. The van der Waals surface area contributed by atoms with Crippen molar-refractivity contribution in [1.82, 2.24) is 0 Å². The van der Waals surface area contributed by atoms with Crippen molar-refractivity contribution >= 4 is 23.3 Å². The molecule has 0 spiro atoms. The van der Waals surface area contributed by atoms with Crippen LogP contribution in [0.3, 0.4) is 0 Å². The molecule has 0 saturated carbocycles. The van der Waals surface area contributed by atoms with Gasteiger partial charge in [-0.15, -0.1) is 0 Å². The lowest BCUT2D eigenvalue weighted by Gasteiger charge is -2.15. The van der Waals surface area contributed by atoms with Crippen LogP contribution in [0.4, 0.5) is 5.69 Å². The molecule has 1 N–H and O–H groups in total. The number of nitrogens with one attached hydrogen (secondary N) is 1. The quantitative estimate of drug-likeness (QED) is 0.594. The Hall–Kier alpha value is -3.35. The van der Waals surface area contributed by atoms with Crippen LogP contribution in [0.1, 0.15) is 34.6 Å². The molecule has 0 radical (unpaired) electrons. The average molecular weight is 371 g/mol. The smallest absolute Gasteiger partial charge is 0.342 e. The van der Waals surface area contributed by atoms with Gasteiger partial charge in [0.25, 0.3) is 5.91 Å². The van der Waals surface area contributed by atoms with Gasteiger partial charge in [0.2, 0.25) is 0 Å². The molecular formula is C20H21NO6. The van der Waals surface area contributed by atoms with Crippen LogP contribution in [0, 0.1) is 0 Å². The first-order valence-corrected chi connectivity index (χ1v) is 8.20. The molecule has 0 heterocycles. The van der Waals surface area contributed by atoms with E-state index in [1.54, 1.807) is 36.4 Å². The second-order valence-electron chi connectivity index (χ2n) is 5.74. The van der Waals surface area contributed by atoms with Crippen molar-refractivity contribution in [2.24, 2.45) is 0 Å². The highest BCUT2D eigenvalue weighted by atomic mass is 16.5. The molecule has 2 aromatic rings. The Labute approximate surface area is 157 Å². The Balaban J connectivity index is 2.03. The molecule has 0 aliphatic heterocycles. The van der Waals surface area contributed by atoms with E-state index >= 15 is 0 Å². The van der Waals surface area contributed by atoms with Crippen molar-refractivity contribution in [3.63, 3.8) is 0 Å². The fourth-order valence-corrected chi connectivity index (χ4v) is 2.28. The molecule has 1 atom stereocenters. The number of ketones is 1. The lowest BCUT2D eigenvalue weighted by molar-refractivity contribution is -0.123. The highest BCUT2D eigenvalue weighted by molar-refractivity contribution is 5.99. The van der Waals surface area contributed by atoms with Crippen LogP contribution in [0.5, 0.6) is 11.5 Å². The summed E-state index contributed by atoms with van der Waals surface area (Å²) in [6, 6.07) is 11.1. The number of anilines is 1. The summed E-state index contributed by atoms with van der Waals surface area (Å²) in [6.45, 7) is 2.93. The first kappa shape index (κ1) is 20.0. The zero-order chi connectivity index (χ0) is 20.0. The number of carbonyl (C=O) groups is 3. The van der Waals surface area contributed by atoms with Crippen molar-refractivity contribution in [1.29, 1.82) is 0 Å². The fraction of sp³-hybridized carbons (Fsp3) is 0.250. The number of esters is 1. The highest BCUT2D eigenvalue weighted by Crippen LogP contribution is 2.25. The minimum atomic E-state index is -1.03. The third-order valence-electron chi connectivity index (χ3n) is 3.84. The van der Waals surface area contributed by atoms with Crippen LogP contribution >= 0.6 is 0 Å². The SMILES string of the molecule is COc1ccc(C(=O)O[C@H](C)C(=O)Nc2ccc(C(C)=O)cc2)c(OC)c1. The molecule has 0 saturated heterocycles. The molecule has 0 aliphatic rings. The Bertz CT molecular complexity index is 844. The van der Waals surface area contributed by atoms with Crippen molar-refractivity contribution in [2.75, 3.05) is 19.5 Å². The summed E-state index contributed by atoms with van der Waals surface area (Å²) >= 11 is 0. The predicted octanol–water partition coefficient (Wildman–Crippen LogP) is 3.09. The third-order valence-corrected chi connectivity index (χ3v) is 3.84. The number of ether oxygens (including phenoxy) is 3. The molecule has 142 valence electrons. The Kier molecular flexibility index (Phi) is 6.54. The van der Waals surface area contributed by atoms with Gasteiger partial charge >= 0.3 is 5.97 Å². The second-order valence-corrected chi connectivity index (χ2v) is 5.74. The minimum absolute atomic E-state index is 0.0661. The van der Waals surface area contributed by atoms with Gasteiger partial charge in [0, 0.05) is 17.3 Å². The number of carbonyl (C=O) groups excluding carboxylic acids is 3. The molecular weight excluding hydrogens is 350 g/mol. The maximum absolute atomic E-state index is 12.4. The van der Waals surface area contributed by atoms with Gasteiger partial charge in [0.05, 0.1) is 14.2 Å². The van der Waals surface area contributed by atoms with E-state index < -0.39 is 18.0 Å². The number of hydrogen-bond donors (Lipinski definition) is 1. The van der Waals surface area contributed by atoms with Gasteiger partial charge in [-0.05, 0) is 50.2 Å². The number of Topliss-reactive ketones (excluding diaryl/α,β-unsaturated/α-hetero) is 1. The summed E-state index contributed by atoms with van der Waals surface area (Å²) in [4.78, 5) is 35.9. The Morgan fingerprint density at radius 3 is 2.19 bits per heavy atom. The van der Waals surface area contributed by atoms with Crippen LogP contribution in [-0.2, 0) is 9.53 Å². The van der Waals surface area contributed by atoms with E-state index in [1.807, 2.05) is 0 Å². The van der Waals surface area contributed by atoms with E-state index in [0.29, 0.717) is 17.0 Å². The van der Waals surface area contributed by atoms with Crippen molar-refractivity contribution in [2.45, 2.75) is 20.0 Å². The largest absolute Gasteiger partial charge is 0.497 e. The maximum atomic E-state index is 12.4. The van der Waals surface area contributed by atoms with E-state index in [1.165, 1.54) is 34.1 Å². The molecule has 1 amide bonds. The summed E-state index contributed by atoms with van der Waals surface area (Å²) in [5.41, 5.74) is 1.22. The molecule has 7 nitrogen and oxygen atoms in total. The topological polar surface area (TPSA) is 90.9 Å². The van der Waals surface area contributed by atoms with Crippen molar-refractivity contribution in [3.8, 4) is 11.5 Å². The zero-order valence-corrected chi connectivity index (χ0v) is 15.6. The van der Waals surface area contributed by atoms with Gasteiger partial charge < -0.3 is 19.5 Å². The molecule has 0 fully saturated rings. The maximum Gasteiger partial charge on any atom is 0.342 e. The summed E-state index contributed by atoms with van der Waals surface area (Å²) in [5, 5.41) is 2.63. The molecule has 0 bridgehead atoms. The van der Waals surface area contributed by atoms with Gasteiger partial charge in [-0.2, -0.15) is 0 Å². The molecule has 7 heteroatoms.